The molecule has 0 spiro atoms. The van der Waals surface area contributed by atoms with Crippen molar-refractivity contribution in [1.82, 2.24) is 9.97 Å². The zero-order valence-electron chi connectivity index (χ0n) is 12.9. The normalized spacial score (nSPS) is 10.4. The summed E-state index contributed by atoms with van der Waals surface area (Å²) in [7, 11) is 2.04. The van der Waals surface area contributed by atoms with Crippen LogP contribution in [0, 0.1) is 20.8 Å². The monoisotopic (exact) mass is 270 g/mol. The molecule has 1 heterocycles. The summed E-state index contributed by atoms with van der Waals surface area (Å²) in [5, 5.41) is 3.24. The Morgan fingerprint density at radius 2 is 1.85 bits per heavy atom. The number of nitrogens with one attached hydrogen (secondary N) is 1. The molecule has 0 bridgehead atoms. The molecule has 0 radical (unpaired) electrons. The molecular weight excluding hydrogens is 248 g/mol. The summed E-state index contributed by atoms with van der Waals surface area (Å²) in [6.07, 6.45) is 0. The number of nitrogens with zero attached hydrogens (tertiary/aromatic N) is 3. The molecule has 1 aromatic heterocycles. The van der Waals surface area contributed by atoms with Crippen molar-refractivity contribution in [2.24, 2.45) is 0 Å². The lowest BCUT2D eigenvalue weighted by atomic mass is 10.1. The van der Waals surface area contributed by atoms with E-state index in [4.69, 9.17) is 0 Å². The van der Waals surface area contributed by atoms with Gasteiger partial charge in [0.2, 0.25) is 0 Å². The standard InChI is InChI=1S/C16H22N4/c1-6-17-15-10-16(19-13(4)18-15)20(5)14-8-7-11(2)9-12(14)3/h7-10H,6H2,1-5H3,(H,17,18,19). The Morgan fingerprint density at radius 3 is 2.50 bits per heavy atom. The number of hydrogen-bond donors (Lipinski definition) is 1. The highest BCUT2D eigenvalue weighted by Crippen LogP contribution is 2.27. The van der Waals surface area contributed by atoms with Gasteiger partial charge in [0.1, 0.15) is 17.5 Å². The molecule has 0 unspecified atom stereocenters. The van der Waals surface area contributed by atoms with E-state index in [9.17, 15) is 0 Å². The Labute approximate surface area is 120 Å². The van der Waals surface area contributed by atoms with Crippen molar-refractivity contribution in [2.75, 3.05) is 23.8 Å². The maximum Gasteiger partial charge on any atom is 0.138 e. The van der Waals surface area contributed by atoms with Crippen LogP contribution in [0.15, 0.2) is 24.3 Å². The van der Waals surface area contributed by atoms with E-state index >= 15 is 0 Å². The van der Waals surface area contributed by atoms with Crippen LogP contribution in [0.3, 0.4) is 0 Å². The van der Waals surface area contributed by atoms with Crippen molar-refractivity contribution in [3.63, 3.8) is 0 Å². The molecule has 1 N–H and O–H groups in total. The van der Waals surface area contributed by atoms with Crippen LogP contribution in [0.2, 0.25) is 0 Å². The van der Waals surface area contributed by atoms with Crippen LogP contribution < -0.4 is 10.2 Å². The van der Waals surface area contributed by atoms with Gasteiger partial charge in [-0.05, 0) is 39.3 Å². The van der Waals surface area contributed by atoms with Gasteiger partial charge in [-0.1, -0.05) is 17.7 Å². The Kier molecular flexibility index (Phi) is 4.23. The van der Waals surface area contributed by atoms with Crippen molar-refractivity contribution in [3.8, 4) is 0 Å². The second-order valence-corrected chi connectivity index (χ2v) is 5.04. The number of rotatable bonds is 4. The third-order valence-corrected chi connectivity index (χ3v) is 3.24. The quantitative estimate of drug-likeness (QED) is 0.921. The minimum absolute atomic E-state index is 0.773. The van der Waals surface area contributed by atoms with E-state index in [-0.39, 0.29) is 0 Å². The van der Waals surface area contributed by atoms with E-state index in [1.165, 1.54) is 11.1 Å². The fourth-order valence-electron chi connectivity index (χ4n) is 2.30. The van der Waals surface area contributed by atoms with Crippen molar-refractivity contribution in [3.05, 3.63) is 41.2 Å². The summed E-state index contributed by atoms with van der Waals surface area (Å²) in [5.41, 5.74) is 3.68. The van der Waals surface area contributed by atoms with Gasteiger partial charge in [-0.2, -0.15) is 0 Å². The van der Waals surface area contributed by atoms with Crippen molar-refractivity contribution < 1.29 is 0 Å². The number of hydrogen-bond acceptors (Lipinski definition) is 4. The molecule has 0 fully saturated rings. The molecule has 0 saturated carbocycles. The first-order valence-corrected chi connectivity index (χ1v) is 6.91. The summed E-state index contributed by atoms with van der Waals surface area (Å²) in [4.78, 5) is 11.0. The molecule has 2 aromatic rings. The molecular formula is C16H22N4. The number of aryl methyl sites for hydroxylation is 3. The Bertz CT molecular complexity index is 607. The van der Waals surface area contributed by atoms with Gasteiger partial charge in [-0.25, -0.2) is 9.97 Å². The van der Waals surface area contributed by atoms with Gasteiger partial charge in [-0.15, -0.1) is 0 Å². The zero-order valence-corrected chi connectivity index (χ0v) is 12.9. The van der Waals surface area contributed by atoms with Crippen LogP contribution >= 0.6 is 0 Å². The van der Waals surface area contributed by atoms with Gasteiger partial charge < -0.3 is 10.2 Å². The highest BCUT2D eigenvalue weighted by Gasteiger charge is 2.10. The summed E-state index contributed by atoms with van der Waals surface area (Å²) >= 11 is 0. The van der Waals surface area contributed by atoms with Crippen molar-refractivity contribution in [2.45, 2.75) is 27.7 Å². The minimum atomic E-state index is 0.773. The van der Waals surface area contributed by atoms with Crippen molar-refractivity contribution >= 4 is 17.3 Å². The second-order valence-electron chi connectivity index (χ2n) is 5.04. The fraction of sp³-hybridized carbons (Fsp3) is 0.375. The SMILES string of the molecule is CCNc1cc(N(C)c2ccc(C)cc2C)nc(C)n1. The third kappa shape index (κ3) is 3.07. The third-order valence-electron chi connectivity index (χ3n) is 3.24. The zero-order chi connectivity index (χ0) is 14.7. The van der Waals surface area contributed by atoms with E-state index in [2.05, 4.69) is 59.2 Å². The summed E-state index contributed by atoms with van der Waals surface area (Å²) in [6, 6.07) is 8.42. The van der Waals surface area contributed by atoms with Gasteiger partial charge in [0.25, 0.3) is 0 Å². The lowest BCUT2D eigenvalue weighted by Gasteiger charge is -2.21. The van der Waals surface area contributed by atoms with E-state index in [1.54, 1.807) is 0 Å². The number of benzene rings is 1. The van der Waals surface area contributed by atoms with Crippen LogP contribution in [-0.4, -0.2) is 23.6 Å². The lowest BCUT2D eigenvalue weighted by molar-refractivity contribution is 1.000. The van der Waals surface area contributed by atoms with E-state index in [1.807, 2.05) is 20.0 Å². The Morgan fingerprint density at radius 1 is 1.10 bits per heavy atom. The largest absolute Gasteiger partial charge is 0.370 e. The van der Waals surface area contributed by atoms with E-state index in [0.29, 0.717) is 0 Å². The van der Waals surface area contributed by atoms with Crippen LogP contribution in [0.25, 0.3) is 0 Å². The molecule has 4 nitrogen and oxygen atoms in total. The van der Waals surface area contributed by atoms with Gasteiger partial charge in [0.15, 0.2) is 0 Å². The maximum absolute atomic E-state index is 4.53. The molecule has 106 valence electrons. The molecule has 0 aliphatic rings. The summed E-state index contributed by atoms with van der Waals surface area (Å²) < 4.78 is 0. The molecule has 0 saturated heterocycles. The van der Waals surface area contributed by atoms with E-state index < -0.39 is 0 Å². The molecule has 0 aliphatic carbocycles. The molecule has 0 atom stereocenters. The molecule has 2 rings (SSSR count). The lowest BCUT2D eigenvalue weighted by Crippen LogP contribution is -2.14. The van der Waals surface area contributed by atoms with E-state index in [0.717, 1.165) is 29.7 Å². The molecule has 0 aliphatic heterocycles. The second kappa shape index (κ2) is 5.90. The smallest absolute Gasteiger partial charge is 0.138 e. The number of anilines is 3. The van der Waals surface area contributed by atoms with Gasteiger partial charge in [-0.3, -0.25) is 0 Å². The van der Waals surface area contributed by atoms with Crippen LogP contribution in [0.1, 0.15) is 23.9 Å². The maximum atomic E-state index is 4.53. The van der Waals surface area contributed by atoms with Crippen molar-refractivity contribution in [1.29, 1.82) is 0 Å². The van der Waals surface area contributed by atoms with Gasteiger partial charge >= 0.3 is 0 Å². The molecule has 0 amide bonds. The first-order valence-electron chi connectivity index (χ1n) is 6.91. The number of aromatic nitrogens is 2. The average molecular weight is 270 g/mol. The van der Waals surface area contributed by atoms with Crippen LogP contribution in [-0.2, 0) is 0 Å². The topological polar surface area (TPSA) is 41.0 Å². The highest BCUT2D eigenvalue weighted by atomic mass is 15.2. The average Bonchev–Trinajstić information content (AvgIpc) is 2.37. The van der Waals surface area contributed by atoms with Crippen LogP contribution in [0.5, 0.6) is 0 Å². The summed E-state index contributed by atoms with van der Waals surface area (Å²) in [6.45, 7) is 9.06. The Balaban J connectivity index is 2.39. The molecule has 20 heavy (non-hydrogen) atoms. The van der Waals surface area contributed by atoms with Gasteiger partial charge in [0, 0.05) is 25.3 Å². The minimum Gasteiger partial charge on any atom is -0.370 e. The Hall–Kier alpha value is -2.10. The first kappa shape index (κ1) is 14.3. The highest BCUT2D eigenvalue weighted by molar-refractivity contribution is 5.65. The predicted molar refractivity (Wildman–Crippen MR) is 84.9 cm³/mol. The fourth-order valence-corrected chi connectivity index (χ4v) is 2.30. The predicted octanol–water partition coefficient (Wildman–Crippen LogP) is 3.60. The van der Waals surface area contributed by atoms with Gasteiger partial charge in [0.05, 0.1) is 0 Å². The van der Waals surface area contributed by atoms with Crippen LogP contribution in [0.4, 0.5) is 17.3 Å². The molecule has 4 heteroatoms. The molecule has 1 aromatic carbocycles. The first-order chi connectivity index (χ1) is 9.51. The summed E-state index contributed by atoms with van der Waals surface area (Å²) in [5.74, 6) is 2.54.